The lowest BCUT2D eigenvalue weighted by Crippen LogP contribution is -2.39. The van der Waals surface area contributed by atoms with Gasteiger partial charge in [0, 0.05) is 37.6 Å². The van der Waals surface area contributed by atoms with Gasteiger partial charge in [-0.05, 0) is 49.3 Å². The number of pyridine rings is 1. The molecule has 2 aliphatic rings. The molecular weight excluding hydrogens is 354 g/mol. The van der Waals surface area contributed by atoms with Crippen molar-refractivity contribution >= 4 is 17.5 Å². The molecule has 0 spiro atoms. The second-order valence-corrected chi connectivity index (χ2v) is 8.13. The first-order chi connectivity index (χ1) is 13.6. The topological polar surface area (TPSA) is 80.1 Å². The van der Waals surface area contributed by atoms with Gasteiger partial charge in [0.15, 0.2) is 0 Å². The molecule has 7 nitrogen and oxygen atoms in total. The summed E-state index contributed by atoms with van der Waals surface area (Å²) in [6, 6.07) is 4.18. The molecule has 148 valence electrons. The van der Waals surface area contributed by atoms with Crippen LogP contribution in [0.3, 0.4) is 0 Å². The molecule has 1 atom stereocenters. The molecular formula is C21H27N5O2. The Bertz CT molecular complexity index is 826. The number of nitrogens with one attached hydrogen (secondary N) is 1. The van der Waals surface area contributed by atoms with Gasteiger partial charge in [-0.15, -0.1) is 0 Å². The molecule has 1 N–H and O–H groups in total. The summed E-state index contributed by atoms with van der Waals surface area (Å²) in [7, 11) is 0. The molecule has 3 heterocycles. The van der Waals surface area contributed by atoms with E-state index in [1.165, 1.54) is 12.8 Å². The van der Waals surface area contributed by atoms with E-state index in [1.807, 2.05) is 23.2 Å². The van der Waals surface area contributed by atoms with E-state index in [9.17, 15) is 9.59 Å². The van der Waals surface area contributed by atoms with Crippen molar-refractivity contribution in [3.63, 3.8) is 0 Å². The molecule has 1 unspecified atom stereocenters. The van der Waals surface area contributed by atoms with Crippen LogP contribution in [0.5, 0.6) is 0 Å². The van der Waals surface area contributed by atoms with Crippen molar-refractivity contribution in [1.82, 2.24) is 19.7 Å². The zero-order valence-corrected chi connectivity index (χ0v) is 16.3. The monoisotopic (exact) mass is 381 g/mol. The van der Waals surface area contributed by atoms with Crippen LogP contribution in [0.4, 0.5) is 5.69 Å². The zero-order valence-electron chi connectivity index (χ0n) is 16.3. The Morgan fingerprint density at radius 3 is 2.71 bits per heavy atom. The second kappa shape index (κ2) is 8.12. The summed E-state index contributed by atoms with van der Waals surface area (Å²) in [5.41, 5.74) is 1.76. The smallest absolute Gasteiger partial charge is 0.229 e. The molecule has 7 heteroatoms. The Morgan fingerprint density at radius 1 is 1.21 bits per heavy atom. The Kier molecular flexibility index (Phi) is 5.41. The summed E-state index contributed by atoms with van der Waals surface area (Å²) < 4.78 is 1.78. The Balaban J connectivity index is 1.32. The SMILES string of the molecule is CC1CCC(N2CC(C(=O)Nc3cnn(Cc4ccncc4)c3)CC2=O)CC1. The molecule has 0 bridgehead atoms. The van der Waals surface area contributed by atoms with E-state index in [2.05, 4.69) is 22.3 Å². The predicted octanol–water partition coefficient (Wildman–Crippen LogP) is 2.69. The van der Waals surface area contributed by atoms with Crippen LogP contribution >= 0.6 is 0 Å². The first-order valence-electron chi connectivity index (χ1n) is 10.1. The molecule has 1 aliphatic carbocycles. The van der Waals surface area contributed by atoms with Gasteiger partial charge in [0.1, 0.15) is 0 Å². The summed E-state index contributed by atoms with van der Waals surface area (Å²) >= 11 is 0. The predicted molar refractivity (Wildman–Crippen MR) is 105 cm³/mol. The minimum Gasteiger partial charge on any atom is -0.339 e. The van der Waals surface area contributed by atoms with Crippen molar-refractivity contribution in [2.75, 3.05) is 11.9 Å². The highest BCUT2D eigenvalue weighted by Gasteiger charge is 2.38. The van der Waals surface area contributed by atoms with Gasteiger partial charge in [-0.1, -0.05) is 6.92 Å². The molecule has 2 aromatic rings. The van der Waals surface area contributed by atoms with E-state index in [1.54, 1.807) is 23.3 Å². The highest BCUT2D eigenvalue weighted by molar-refractivity contribution is 5.97. The van der Waals surface area contributed by atoms with Crippen LogP contribution in [0.2, 0.25) is 0 Å². The molecule has 2 fully saturated rings. The molecule has 1 saturated heterocycles. The highest BCUT2D eigenvalue weighted by atomic mass is 16.2. The Morgan fingerprint density at radius 2 is 1.96 bits per heavy atom. The number of rotatable bonds is 5. The van der Waals surface area contributed by atoms with E-state index >= 15 is 0 Å². The molecule has 28 heavy (non-hydrogen) atoms. The largest absolute Gasteiger partial charge is 0.339 e. The van der Waals surface area contributed by atoms with Crippen LogP contribution in [0.1, 0.15) is 44.6 Å². The number of carbonyl (C=O) groups excluding carboxylic acids is 2. The maximum atomic E-state index is 12.7. The van der Waals surface area contributed by atoms with Gasteiger partial charge < -0.3 is 10.2 Å². The van der Waals surface area contributed by atoms with E-state index in [4.69, 9.17) is 0 Å². The maximum Gasteiger partial charge on any atom is 0.229 e. The molecule has 2 amide bonds. The summed E-state index contributed by atoms with van der Waals surface area (Å²) in [5.74, 6) is 0.490. The Labute approximate surface area is 165 Å². The Hall–Kier alpha value is -2.70. The minimum absolute atomic E-state index is 0.0940. The summed E-state index contributed by atoms with van der Waals surface area (Å²) in [5, 5.41) is 7.23. The fraction of sp³-hybridized carbons (Fsp3) is 0.524. The van der Waals surface area contributed by atoms with Crippen molar-refractivity contribution < 1.29 is 9.59 Å². The van der Waals surface area contributed by atoms with Crippen molar-refractivity contribution in [3.05, 3.63) is 42.5 Å². The molecule has 1 saturated carbocycles. The third-order valence-corrected chi connectivity index (χ3v) is 5.95. The van der Waals surface area contributed by atoms with Crippen LogP contribution < -0.4 is 5.32 Å². The van der Waals surface area contributed by atoms with Crippen molar-refractivity contribution in [2.45, 2.75) is 51.6 Å². The van der Waals surface area contributed by atoms with E-state index < -0.39 is 0 Å². The van der Waals surface area contributed by atoms with Gasteiger partial charge in [0.05, 0.1) is 24.3 Å². The molecule has 0 radical (unpaired) electrons. The number of likely N-dealkylation sites (tertiary alicyclic amines) is 1. The lowest BCUT2D eigenvalue weighted by Gasteiger charge is -2.33. The maximum absolute atomic E-state index is 12.7. The van der Waals surface area contributed by atoms with Crippen LogP contribution in [0.15, 0.2) is 36.9 Å². The van der Waals surface area contributed by atoms with E-state index in [0.717, 1.165) is 24.3 Å². The zero-order chi connectivity index (χ0) is 19.5. The van der Waals surface area contributed by atoms with Gasteiger partial charge in [0.2, 0.25) is 11.8 Å². The lowest BCUT2D eigenvalue weighted by molar-refractivity contribution is -0.130. The summed E-state index contributed by atoms with van der Waals surface area (Å²) in [6.45, 7) is 3.43. The average molecular weight is 381 g/mol. The van der Waals surface area contributed by atoms with Crippen LogP contribution in [0.25, 0.3) is 0 Å². The molecule has 4 rings (SSSR count). The normalized spacial score (nSPS) is 25.1. The van der Waals surface area contributed by atoms with Crippen molar-refractivity contribution in [2.24, 2.45) is 11.8 Å². The lowest BCUT2D eigenvalue weighted by atomic mass is 9.87. The first-order valence-corrected chi connectivity index (χ1v) is 10.1. The number of amides is 2. The van der Waals surface area contributed by atoms with Gasteiger partial charge >= 0.3 is 0 Å². The fourth-order valence-electron chi connectivity index (χ4n) is 4.25. The minimum atomic E-state index is -0.282. The molecule has 0 aromatic carbocycles. The fourth-order valence-corrected chi connectivity index (χ4v) is 4.25. The number of nitrogens with zero attached hydrogens (tertiary/aromatic N) is 4. The quantitative estimate of drug-likeness (QED) is 0.864. The number of anilines is 1. The summed E-state index contributed by atoms with van der Waals surface area (Å²) in [4.78, 5) is 31.1. The number of carbonyl (C=O) groups is 2. The number of hydrogen-bond donors (Lipinski definition) is 1. The molecule has 2 aromatic heterocycles. The van der Waals surface area contributed by atoms with Gasteiger partial charge in [0.25, 0.3) is 0 Å². The highest BCUT2D eigenvalue weighted by Crippen LogP contribution is 2.31. The van der Waals surface area contributed by atoms with Crippen LogP contribution in [-0.2, 0) is 16.1 Å². The van der Waals surface area contributed by atoms with Crippen LogP contribution in [0, 0.1) is 11.8 Å². The van der Waals surface area contributed by atoms with Gasteiger partial charge in [-0.2, -0.15) is 5.10 Å². The van der Waals surface area contributed by atoms with Gasteiger partial charge in [-0.3, -0.25) is 19.3 Å². The van der Waals surface area contributed by atoms with Crippen molar-refractivity contribution in [3.8, 4) is 0 Å². The van der Waals surface area contributed by atoms with Gasteiger partial charge in [-0.25, -0.2) is 0 Å². The van der Waals surface area contributed by atoms with Crippen molar-refractivity contribution in [1.29, 1.82) is 0 Å². The third kappa shape index (κ3) is 4.24. The summed E-state index contributed by atoms with van der Waals surface area (Å²) in [6.07, 6.45) is 11.7. The number of aromatic nitrogens is 3. The second-order valence-electron chi connectivity index (χ2n) is 8.13. The standard InChI is InChI=1S/C21H27N5O2/c1-15-2-4-19(5-3-15)26-13-17(10-20(26)27)21(28)24-18-11-23-25(14-18)12-16-6-8-22-9-7-16/h6-9,11,14-15,17,19H,2-5,10,12-13H2,1H3,(H,24,28). The third-order valence-electron chi connectivity index (χ3n) is 5.95. The van der Waals surface area contributed by atoms with Crippen LogP contribution in [-0.4, -0.2) is 44.1 Å². The number of hydrogen-bond acceptors (Lipinski definition) is 4. The average Bonchev–Trinajstić information content (AvgIpc) is 3.30. The van der Waals surface area contributed by atoms with E-state index in [0.29, 0.717) is 31.2 Å². The first kappa shape index (κ1) is 18.7. The molecule has 1 aliphatic heterocycles. The van der Waals surface area contributed by atoms with E-state index in [-0.39, 0.29) is 17.7 Å².